The van der Waals surface area contributed by atoms with Crippen molar-refractivity contribution >= 4 is 11.9 Å². The third kappa shape index (κ3) is 7.06. The molecule has 0 aliphatic heterocycles. The van der Waals surface area contributed by atoms with Crippen molar-refractivity contribution in [2.24, 2.45) is 4.99 Å². The van der Waals surface area contributed by atoms with E-state index >= 15 is 0 Å². The molecule has 1 unspecified atom stereocenters. The number of nitrogens with zero attached hydrogens (tertiary/aromatic N) is 1. The first-order valence-corrected chi connectivity index (χ1v) is 10.1. The van der Waals surface area contributed by atoms with Crippen molar-refractivity contribution in [3.05, 3.63) is 71.3 Å². The van der Waals surface area contributed by atoms with Crippen LogP contribution in [0.1, 0.15) is 54.6 Å². The second-order valence-electron chi connectivity index (χ2n) is 6.84. The summed E-state index contributed by atoms with van der Waals surface area (Å²) < 4.78 is 0. The van der Waals surface area contributed by atoms with Gasteiger partial charge in [0, 0.05) is 25.2 Å². The zero-order valence-electron chi connectivity index (χ0n) is 17.2. The van der Waals surface area contributed by atoms with E-state index in [4.69, 9.17) is 0 Å². The Bertz CT molecular complexity index is 758. The highest BCUT2D eigenvalue weighted by Crippen LogP contribution is 2.13. The molecule has 2 rings (SSSR count). The van der Waals surface area contributed by atoms with Crippen LogP contribution in [0, 0.1) is 0 Å². The molecule has 0 spiro atoms. The normalized spacial score (nSPS) is 12.3. The average Bonchev–Trinajstić information content (AvgIpc) is 2.74. The fraction of sp³-hybridized carbons (Fsp3) is 0.391. The van der Waals surface area contributed by atoms with Gasteiger partial charge in [0.05, 0.1) is 6.54 Å². The van der Waals surface area contributed by atoms with Crippen molar-refractivity contribution in [2.75, 3.05) is 19.6 Å². The molecule has 0 saturated heterocycles. The van der Waals surface area contributed by atoms with Gasteiger partial charge in [-0.2, -0.15) is 0 Å². The molecule has 0 aliphatic rings. The van der Waals surface area contributed by atoms with Crippen molar-refractivity contribution in [1.29, 1.82) is 0 Å². The lowest BCUT2D eigenvalue weighted by Gasteiger charge is -2.16. The van der Waals surface area contributed by atoms with Gasteiger partial charge >= 0.3 is 0 Å². The lowest BCUT2D eigenvalue weighted by Crippen LogP contribution is -2.39. The molecule has 0 aromatic heterocycles. The first-order chi connectivity index (χ1) is 13.6. The van der Waals surface area contributed by atoms with E-state index in [9.17, 15) is 4.79 Å². The number of amides is 1. The zero-order chi connectivity index (χ0) is 20.2. The molecule has 0 heterocycles. The molecule has 0 bridgehead atoms. The molecule has 5 heteroatoms. The van der Waals surface area contributed by atoms with Crippen molar-refractivity contribution in [3.8, 4) is 0 Å². The Hall–Kier alpha value is -2.82. The minimum atomic E-state index is -0.0330. The van der Waals surface area contributed by atoms with Gasteiger partial charge in [-0.1, -0.05) is 56.3 Å². The lowest BCUT2D eigenvalue weighted by atomic mass is 10.0. The Kier molecular flexibility index (Phi) is 9.05. The van der Waals surface area contributed by atoms with Crippen molar-refractivity contribution in [3.63, 3.8) is 0 Å². The Morgan fingerprint density at radius 3 is 2.50 bits per heavy atom. The highest BCUT2D eigenvalue weighted by molar-refractivity contribution is 5.94. The van der Waals surface area contributed by atoms with Crippen molar-refractivity contribution in [2.45, 2.75) is 39.7 Å². The SMILES string of the molecule is CCCNC(=O)c1cccc(CN=C(NCC)NCC(C)c2ccccc2)c1. The molecule has 0 radical (unpaired) electrons. The Balaban J connectivity index is 1.97. The molecular weight excluding hydrogens is 348 g/mol. The van der Waals surface area contributed by atoms with Gasteiger partial charge in [-0.3, -0.25) is 4.79 Å². The number of carbonyl (C=O) groups excluding carboxylic acids is 1. The highest BCUT2D eigenvalue weighted by atomic mass is 16.1. The summed E-state index contributed by atoms with van der Waals surface area (Å²) in [6.07, 6.45) is 0.925. The zero-order valence-corrected chi connectivity index (χ0v) is 17.2. The Labute approximate surface area is 168 Å². The van der Waals surface area contributed by atoms with Crippen LogP contribution in [0.25, 0.3) is 0 Å². The van der Waals surface area contributed by atoms with Gasteiger partial charge in [0.2, 0.25) is 0 Å². The van der Waals surface area contributed by atoms with Crippen LogP contribution < -0.4 is 16.0 Å². The first kappa shape index (κ1) is 21.5. The average molecular weight is 381 g/mol. The minimum Gasteiger partial charge on any atom is -0.357 e. The Morgan fingerprint density at radius 1 is 1.00 bits per heavy atom. The summed E-state index contributed by atoms with van der Waals surface area (Å²) in [5.74, 6) is 1.14. The van der Waals surface area contributed by atoms with Crippen LogP contribution in [0.4, 0.5) is 0 Å². The molecule has 0 fully saturated rings. The maximum absolute atomic E-state index is 12.1. The van der Waals surface area contributed by atoms with E-state index in [0.29, 0.717) is 24.6 Å². The van der Waals surface area contributed by atoms with E-state index in [1.165, 1.54) is 5.56 Å². The maximum atomic E-state index is 12.1. The van der Waals surface area contributed by atoms with Gasteiger partial charge in [-0.25, -0.2) is 4.99 Å². The molecule has 5 nitrogen and oxygen atoms in total. The van der Waals surface area contributed by atoms with Gasteiger partial charge < -0.3 is 16.0 Å². The van der Waals surface area contributed by atoms with E-state index in [1.807, 2.05) is 37.3 Å². The van der Waals surface area contributed by atoms with E-state index in [2.05, 4.69) is 59.1 Å². The number of carbonyl (C=O) groups is 1. The second kappa shape index (κ2) is 11.8. The summed E-state index contributed by atoms with van der Waals surface area (Å²) >= 11 is 0. The molecule has 2 aromatic carbocycles. The third-order valence-corrected chi connectivity index (χ3v) is 4.43. The molecule has 0 saturated carbocycles. The van der Waals surface area contributed by atoms with E-state index < -0.39 is 0 Å². The number of guanidine groups is 1. The van der Waals surface area contributed by atoms with Gasteiger partial charge in [0.1, 0.15) is 0 Å². The number of aliphatic imine (C=N–C) groups is 1. The van der Waals surface area contributed by atoms with Crippen molar-refractivity contribution < 1.29 is 4.79 Å². The number of nitrogens with one attached hydrogen (secondary N) is 3. The number of hydrogen-bond acceptors (Lipinski definition) is 2. The Morgan fingerprint density at radius 2 is 1.79 bits per heavy atom. The molecule has 2 aromatic rings. The van der Waals surface area contributed by atoms with Crippen LogP contribution in [0.15, 0.2) is 59.6 Å². The van der Waals surface area contributed by atoms with Crippen molar-refractivity contribution in [1.82, 2.24) is 16.0 Å². The smallest absolute Gasteiger partial charge is 0.251 e. The lowest BCUT2D eigenvalue weighted by molar-refractivity contribution is 0.0953. The van der Waals surface area contributed by atoms with Crippen LogP contribution in [0.5, 0.6) is 0 Å². The van der Waals surface area contributed by atoms with E-state index in [-0.39, 0.29) is 5.91 Å². The van der Waals surface area contributed by atoms with E-state index in [0.717, 1.165) is 31.0 Å². The van der Waals surface area contributed by atoms with E-state index in [1.54, 1.807) is 0 Å². The molecule has 3 N–H and O–H groups in total. The topological polar surface area (TPSA) is 65.5 Å². The molecular formula is C23H32N4O. The standard InChI is InChI=1S/C23H32N4O/c1-4-14-25-22(28)21-13-9-10-19(15-21)17-27-23(24-5-2)26-16-18(3)20-11-7-6-8-12-20/h6-13,15,18H,4-5,14,16-17H2,1-3H3,(H,25,28)(H2,24,26,27). The van der Waals surface area contributed by atoms with Gasteiger partial charge in [0.15, 0.2) is 5.96 Å². The predicted molar refractivity (Wildman–Crippen MR) is 117 cm³/mol. The molecule has 28 heavy (non-hydrogen) atoms. The van der Waals surface area contributed by atoms with Crippen LogP contribution in [-0.2, 0) is 6.54 Å². The number of benzene rings is 2. The number of hydrogen-bond donors (Lipinski definition) is 3. The third-order valence-electron chi connectivity index (χ3n) is 4.43. The fourth-order valence-electron chi connectivity index (χ4n) is 2.81. The van der Waals surface area contributed by atoms with Crippen LogP contribution >= 0.6 is 0 Å². The second-order valence-corrected chi connectivity index (χ2v) is 6.84. The first-order valence-electron chi connectivity index (χ1n) is 10.1. The fourth-order valence-corrected chi connectivity index (χ4v) is 2.81. The van der Waals surface area contributed by atoms with Crippen LogP contribution in [0.3, 0.4) is 0 Å². The highest BCUT2D eigenvalue weighted by Gasteiger charge is 2.07. The largest absolute Gasteiger partial charge is 0.357 e. The monoisotopic (exact) mass is 380 g/mol. The molecule has 1 amide bonds. The summed E-state index contributed by atoms with van der Waals surface area (Å²) in [5, 5.41) is 9.61. The summed E-state index contributed by atoms with van der Waals surface area (Å²) in [5.41, 5.74) is 2.99. The molecule has 150 valence electrons. The van der Waals surface area contributed by atoms with Gasteiger partial charge in [0.25, 0.3) is 5.91 Å². The minimum absolute atomic E-state index is 0.0330. The van der Waals surface area contributed by atoms with Crippen LogP contribution in [-0.4, -0.2) is 31.5 Å². The molecule has 1 atom stereocenters. The van der Waals surface area contributed by atoms with Gasteiger partial charge in [-0.05, 0) is 42.5 Å². The maximum Gasteiger partial charge on any atom is 0.251 e. The predicted octanol–water partition coefficient (Wildman–Crippen LogP) is 3.69. The van der Waals surface area contributed by atoms with Crippen LogP contribution in [0.2, 0.25) is 0 Å². The summed E-state index contributed by atoms with van der Waals surface area (Å²) in [4.78, 5) is 16.8. The van der Waals surface area contributed by atoms with Gasteiger partial charge in [-0.15, -0.1) is 0 Å². The summed E-state index contributed by atoms with van der Waals surface area (Å²) in [6.45, 7) is 9.10. The molecule has 0 aliphatic carbocycles. The summed E-state index contributed by atoms with van der Waals surface area (Å²) in [6, 6.07) is 18.1. The quantitative estimate of drug-likeness (QED) is 0.459. The summed E-state index contributed by atoms with van der Waals surface area (Å²) in [7, 11) is 0. The number of rotatable bonds is 9.